The average Bonchev–Trinajstić information content (AvgIpc) is 2.37. The van der Waals surface area contributed by atoms with Crippen molar-refractivity contribution >= 4 is 9.84 Å². The molecule has 1 rings (SSSR count). The third-order valence-electron chi connectivity index (χ3n) is 3.47. The first kappa shape index (κ1) is 16.1. The lowest BCUT2D eigenvalue weighted by atomic mass is 9.91. The van der Waals surface area contributed by atoms with Crippen LogP contribution in [0, 0.1) is 11.8 Å². The molecule has 0 radical (unpaired) electrons. The average molecular weight is 286 g/mol. The van der Waals surface area contributed by atoms with Gasteiger partial charge in [0.15, 0.2) is 9.84 Å². The zero-order valence-corrected chi connectivity index (χ0v) is 12.3. The third-order valence-corrected chi connectivity index (χ3v) is 5.42. The molecular formula is C14H22O4S. The molecule has 0 unspecified atom stereocenters. The van der Waals surface area contributed by atoms with Gasteiger partial charge in [0.1, 0.15) is 0 Å². The maximum absolute atomic E-state index is 12.2. The van der Waals surface area contributed by atoms with Crippen molar-refractivity contribution in [2.45, 2.75) is 37.9 Å². The van der Waals surface area contributed by atoms with Gasteiger partial charge in [-0.15, -0.1) is 0 Å². The van der Waals surface area contributed by atoms with Crippen LogP contribution >= 0.6 is 0 Å². The van der Waals surface area contributed by atoms with Crippen LogP contribution in [0.5, 0.6) is 0 Å². The van der Waals surface area contributed by atoms with Crippen LogP contribution in [0.4, 0.5) is 0 Å². The molecule has 108 valence electrons. The van der Waals surface area contributed by atoms with Crippen molar-refractivity contribution in [1.82, 2.24) is 0 Å². The lowest BCUT2D eigenvalue weighted by Gasteiger charge is -2.26. The van der Waals surface area contributed by atoms with Gasteiger partial charge in [0, 0.05) is 5.92 Å². The molecule has 4 nitrogen and oxygen atoms in total. The molecule has 2 N–H and O–H groups in total. The van der Waals surface area contributed by atoms with Gasteiger partial charge in [-0.25, -0.2) is 8.42 Å². The van der Waals surface area contributed by atoms with E-state index >= 15 is 0 Å². The minimum atomic E-state index is -3.41. The zero-order valence-electron chi connectivity index (χ0n) is 11.5. The largest absolute Gasteiger partial charge is 0.393 e. The molecule has 0 heterocycles. The smallest absolute Gasteiger partial charge is 0.178 e. The van der Waals surface area contributed by atoms with Gasteiger partial charge in [-0.05, 0) is 25.0 Å². The maximum atomic E-state index is 12.2. The van der Waals surface area contributed by atoms with E-state index < -0.39 is 28.0 Å². The summed E-state index contributed by atoms with van der Waals surface area (Å²) >= 11 is 0. The Morgan fingerprint density at radius 1 is 1.05 bits per heavy atom. The Morgan fingerprint density at radius 3 is 2.05 bits per heavy atom. The standard InChI is InChI=1S/C14H22O4S/c1-10(14(16)11(2)12(3)15)9-19(17,18)13-7-5-4-6-8-13/h4-8,10-12,14-16H,9H2,1-3H3/t10-,11-,12+,14-/m1/s1. The quantitative estimate of drug-likeness (QED) is 0.830. The van der Waals surface area contributed by atoms with E-state index in [2.05, 4.69) is 0 Å². The van der Waals surface area contributed by atoms with Gasteiger partial charge in [-0.3, -0.25) is 0 Å². The summed E-state index contributed by atoms with van der Waals surface area (Å²) in [4.78, 5) is 0.263. The van der Waals surface area contributed by atoms with Crippen LogP contribution in [0.2, 0.25) is 0 Å². The van der Waals surface area contributed by atoms with Gasteiger partial charge in [-0.1, -0.05) is 32.0 Å². The second kappa shape index (κ2) is 6.50. The predicted molar refractivity (Wildman–Crippen MR) is 74.5 cm³/mol. The Balaban J connectivity index is 2.79. The van der Waals surface area contributed by atoms with Crippen LogP contribution in [0.3, 0.4) is 0 Å². The van der Waals surface area contributed by atoms with Crippen LogP contribution < -0.4 is 0 Å². The fraction of sp³-hybridized carbons (Fsp3) is 0.571. The Labute approximate surface area is 115 Å². The second-order valence-corrected chi connectivity index (χ2v) is 7.20. The van der Waals surface area contributed by atoms with E-state index in [0.717, 1.165) is 0 Å². The third kappa shape index (κ3) is 4.30. The van der Waals surface area contributed by atoms with Crippen molar-refractivity contribution in [2.75, 3.05) is 5.75 Å². The summed E-state index contributed by atoms with van der Waals surface area (Å²) in [5, 5.41) is 19.5. The summed E-state index contributed by atoms with van der Waals surface area (Å²) in [5.74, 6) is -0.925. The Bertz CT molecular complexity index is 481. The molecule has 1 aromatic rings. The van der Waals surface area contributed by atoms with Gasteiger partial charge in [0.25, 0.3) is 0 Å². The molecule has 0 amide bonds. The van der Waals surface area contributed by atoms with Crippen molar-refractivity contribution < 1.29 is 18.6 Å². The molecule has 0 fully saturated rings. The fourth-order valence-electron chi connectivity index (χ4n) is 1.97. The molecule has 0 aromatic heterocycles. The number of hydrogen-bond acceptors (Lipinski definition) is 4. The molecule has 19 heavy (non-hydrogen) atoms. The minimum absolute atomic E-state index is 0.130. The highest BCUT2D eigenvalue weighted by atomic mass is 32.2. The van der Waals surface area contributed by atoms with Gasteiger partial charge in [-0.2, -0.15) is 0 Å². The molecule has 1 aromatic carbocycles. The van der Waals surface area contributed by atoms with Crippen LogP contribution in [0.15, 0.2) is 35.2 Å². The zero-order chi connectivity index (χ0) is 14.6. The Kier molecular flexibility index (Phi) is 5.52. The monoisotopic (exact) mass is 286 g/mol. The summed E-state index contributed by atoms with van der Waals surface area (Å²) in [6.07, 6.45) is -1.52. The van der Waals surface area contributed by atoms with Crippen LogP contribution in [-0.4, -0.2) is 36.6 Å². The molecule has 0 bridgehead atoms. The first-order chi connectivity index (χ1) is 8.75. The number of benzene rings is 1. The highest BCUT2D eigenvalue weighted by molar-refractivity contribution is 7.91. The molecule has 0 aliphatic carbocycles. The van der Waals surface area contributed by atoms with Crippen molar-refractivity contribution in [3.05, 3.63) is 30.3 Å². The van der Waals surface area contributed by atoms with E-state index in [9.17, 15) is 18.6 Å². The molecule has 5 heteroatoms. The van der Waals surface area contributed by atoms with Crippen molar-refractivity contribution in [3.8, 4) is 0 Å². The summed E-state index contributed by atoms with van der Waals surface area (Å²) in [6, 6.07) is 8.20. The van der Waals surface area contributed by atoms with E-state index in [0.29, 0.717) is 0 Å². The SMILES string of the molecule is C[C@@H]([C@H](O)[C@H](C)CS(=O)(=O)c1ccccc1)[C@H](C)O. The highest BCUT2D eigenvalue weighted by Crippen LogP contribution is 2.21. The number of sulfone groups is 1. The van der Waals surface area contributed by atoms with Crippen molar-refractivity contribution in [2.24, 2.45) is 11.8 Å². The Morgan fingerprint density at radius 2 is 1.58 bits per heavy atom. The number of aliphatic hydroxyl groups is 2. The number of hydrogen-bond donors (Lipinski definition) is 2. The second-order valence-electron chi connectivity index (χ2n) is 5.16. The summed E-state index contributed by atoms with van der Waals surface area (Å²) in [6.45, 7) is 4.98. The normalized spacial score (nSPS) is 18.6. The van der Waals surface area contributed by atoms with Gasteiger partial charge in [0.2, 0.25) is 0 Å². The van der Waals surface area contributed by atoms with Crippen LogP contribution in [-0.2, 0) is 9.84 Å². The maximum Gasteiger partial charge on any atom is 0.178 e. The van der Waals surface area contributed by atoms with Gasteiger partial charge >= 0.3 is 0 Å². The first-order valence-corrected chi connectivity index (χ1v) is 8.05. The van der Waals surface area contributed by atoms with Crippen LogP contribution in [0.1, 0.15) is 20.8 Å². The molecule has 0 saturated heterocycles. The summed E-state index contributed by atoms with van der Waals surface area (Å²) < 4.78 is 24.3. The summed E-state index contributed by atoms with van der Waals surface area (Å²) in [5.41, 5.74) is 0. The number of aliphatic hydroxyl groups excluding tert-OH is 2. The van der Waals surface area contributed by atoms with Crippen LogP contribution in [0.25, 0.3) is 0 Å². The van der Waals surface area contributed by atoms with E-state index in [4.69, 9.17) is 0 Å². The van der Waals surface area contributed by atoms with Gasteiger partial charge in [0.05, 0.1) is 22.9 Å². The molecule has 0 saturated carbocycles. The highest BCUT2D eigenvalue weighted by Gasteiger charge is 2.28. The van der Waals surface area contributed by atoms with E-state index in [1.165, 1.54) is 0 Å². The molecule has 4 atom stereocenters. The summed E-state index contributed by atoms with van der Waals surface area (Å²) in [7, 11) is -3.41. The van der Waals surface area contributed by atoms with Crippen molar-refractivity contribution in [3.63, 3.8) is 0 Å². The van der Waals surface area contributed by atoms with E-state index in [-0.39, 0.29) is 16.6 Å². The van der Waals surface area contributed by atoms with E-state index in [1.807, 2.05) is 0 Å². The molecule has 0 aliphatic heterocycles. The fourth-order valence-corrected chi connectivity index (χ4v) is 3.63. The lowest BCUT2D eigenvalue weighted by Crippen LogP contribution is -2.35. The molecule has 0 spiro atoms. The lowest BCUT2D eigenvalue weighted by molar-refractivity contribution is 0.00672. The van der Waals surface area contributed by atoms with Crippen molar-refractivity contribution in [1.29, 1.82) is 0 Å². The molecular weight excluding hydrogens is 264 g/mol. The first-order valence-electron chi connectivity index (χ1n) is 6.39. The van der Waals surface area contributed by atoms with Gasteiger partial charge < -0.3 is 10.2 Å². The predicted octanol–water partition coefficient (Wildman–Crippen LogP) is 1.47. The molecule has 0 aliphatic rings. The minimum Gasteiger partial charge on any atom is -0.393 e. The Hall–Kier alpha value is -0.910. The topological polar surface area (TPSA) is 74.6 Å². The number of rotatable bonds is 6. The van der Waals surface area contributed by atoms with E-state index in [1.54, 1.807) is 51.1 Å².